The second kappa shape index (κ2) is 10.8. The molecule has 23 heavy (non-hydrogen) atoms. The fourth-order valence-electron chi connectivity index (χ4n) is 3.60. The summed E-state index contributed by atoms with van der Waals surface area (Å²) in [5, 5.41) is 5.38. The monoisotopic (exact) mass is 346 g/mol. The number of nitrogens with zero attached hydrogens (tertiary/aromatic N) is 1. The number of nitrogens with one attached hydrogen (secondary N) is 2. The van der Waals surface area contributed by atoms with Crippen LogP contribution in [-0.4, -0.2) is 49.1 Å². The fourth-order valence-corrected chi connectivity index (χ4v) is 3.60. The van der Waals surface area contributed by atoms with Gasteiger partial charge in [0.05, 0.1) is 6.54 Å². The first-order valence-electron chi connectivity index (χ1n) is 8.70. The number of amides is 3. The lowest BCUT2D eigenvalue weighted by Crippen LogP contribution is -2.49. The predicted molar refractivity (Wildman–Crippen MR) is 93.6 cm³/mol. The molecular weight excluding hydrogens is 316 g/mol. The number of hydrogen-bond acceptors (Lipinski definition) is 4. The Kier molecular flexibility index (Phi) is 9.52. The molecule has 1 aliphatic carbocycles. The number of rotatable bonds is 5. The van der Waals surface area contributed by atoms with E-state index in [4.69, 9.17) is 5.73 Å². The number of urea groups is 1. The maximum Gasteiger partial charge on any atom is 0.321 e. The van der Waals surface area contributed by atoms with Gasteiger partial charge in [-0.2, -0.15) is 0 Å². The van der Waals surface area contributed by atoms with Gasteiger partial charge in [0.25, 0.3) is 0 Å². The molecule has 0 radical (unpaired) electrons. The summed E-state index contributed by atoms with van der Waals surface area (Å²) in [6.45, 7) is 2.85. The average Bonchev–Trinajstić information content (AvgIpc) is 2.48. The van der Waals surface area contributed by atoms with Crippen molar-refractivity contribution < 1.29 is 9.59 Å². The summed E-state index contributed by atoms with van der Waals surface area (Å²) in [7, 11) is 0. The lowest BCUT2D eigenvalue weighted by molar-refractivity contribution is -0.121. The molecule has 1 unspecified atom stereocenters. The summed E-state index contributed by atoms with van der Waals surface area (Å²) in [6.07, 6.45) is 8.93. The van der Waals surface area contributed by atoms with Crippen LogP contribution >= 0.6 is 12.4 Å². The van der Waals surface area contributed by atoms with E-state index in [1.807, 2.05) is 0 Å². The SMILES string of the molecule is Cl.NCCC1CCCN(CC(=O)NC(=O)NC2CCCCC2)C1. The van der Waals surface area contributed by atoms with E-state index in [0.717, 1.165) is 51.6 Å². The summed E-state index contributed by atoms with van der Waals surface area (Å²) in [4.78, 5) is 26.0. The van der Waals surface area contributed by atoms with Crippen LogP contribution in [-0.2, 0) is 4.79 Å². The molecule has 1 saturated carbocycles. The van der Waals surface area contributed by atoms with Crippen molar-refractivity contribution in [3.05, 3.63) is 0 Å². The first-order valence-corrected chi connectivity index (χ1v) is 8.70. The standard InChI is InChI=1S/C16H30N4O2.ClH/c17-9-8-13-5-4-10-20(11-13)12-15(21)19-16(22)18-14-6-2-1-3-7-14;/h13-14H,1-12,17H2,(H2,18,19,21,22);1H. The lowest BCUT2D eigenvalue weighted by atomic mass is 9.95. The largest absolute Gasteiger partial charge is 0.335 e. The lowest BCUT2D eigenvalue weighted by Gasteiger charge is -2.32. The highest BCUT2D eigenvalue weighted by Gasteiger charge is 2.22. The van der Waals surface area contributed by atoms with Gasteiger partial charge in [-0.25, -0.2) is 4.79 Å². The van der Waals surface area contributed by atoms with E-state index in [1.165, 1.54) is 12.8 Å². The Bertz CT molecular complexity index is 373. The molecule has 0 aromatic rings. The number of nitrogens with two attached hydrogens (primary N) is 1. The van der Waals surface area contributed by atoms with Crippen molar-refractivity contribution in [3.63, 3.8) is 0 Å². The predicted octanol–water partition coefficient (Wildman–Crippen LogP) is 1.63. The zero-order valence-electron chi connectivity index (χ0n) is 13.9. The van der Waals surface area contributed by atoms with Crippen molar-refractivity contribution in [1.29, 1.82) is 0 Å². The molecule has 134 valence electrons. The van der Waals surface area contributed by atoms with Crippen molar-refractivity contribution in [3.8, 4) is 0 Å². The molecule has 1 aliphatic heterocycles. The molecule has 0 bridgehead atoms. The molecule has 1 heterocycles. The van der Waals surface area contributed by atoms with E-state index in [9.17, 15) is 9.59 Å². The Hall–Kier alpha value is -0.850. The molecule has 1 atom stereocenters. The Morgan fingerprint density at radius 1 is 1.09 bits per heavy atom. The smallest absolute Gasteiger partial charge is 0.321 e. The van der Waals surface area contributed by atoms with E-state index < -0.39 is 0 Å². The van der Waals surface area contributed by atoms with Crippen LogP contribution in [0, 0.1) is 5.92 Å². The van der Waals surface area contributed by atoms with Gasteiger partial charge in [-0.3, -0.25) is 15.0 Å². The fraction of sp³-hybridized carbons (Fsp3) is 0.875. The van der Waals surface area contributed by atoms with E-state index >= 15 is 0 Å². The van der Waals surface area contributed by atoms with E-state index in [1.54, 1.807) is 0 Å². The van der Waals surface area contributed by atoms with Crippen molar-refractivity contribution in [1.82, 2.24) is 15.5 Å². The number of imide groups is 1. The van der Waals surface area contributed by atoms with Gasteiger partial charge in [-0.15, -0.1) is 12.4 Å². The van der Waals surface area contributed by atoms with Crippen molar-refractivity contribution >= 4 is 24.3 Å². The third-order valence-electron chi connectivity index (χ3n) is 4.74. The summed E-state index contributed by atoms with van der Waals surface area (Å²) in [6, 6.07) is -0.113. The van der Waals surface area contributed by atoms with E-state index in [0.29, 0.717) is 19.0 Å². The molecule has 3 amide bonds. The molecule has 7 heteroatoms. The van der Waals surface area contributed by atoms with Gasteiger partial charge in [0.15, 0.2) is 0 Å². The molecule has 4 N–H and O–H groups in total. The molecule has 1 saturated heterocycles. The minimum atomic E-state index is -0.340. The number of carbonyl (C=O) groups is 2. The third kappa shape index (κ3) is 7.50. The highest BCUT2D eigenvalue weighted by Crippen LogP contribution is 2.19. The maximum atomic E-state index is 12.0. The van der Waals surface area contributed by atoms with E-state index in [-0.39, 0.29) is 30.4 Å². The van der Waals surface area contributed by atoms with E-state index in [2.05, 4.69) is 15.5 Å². The Morgan fingerprint density at radius 2 is 1.83 bits per heavy atom. The molecule has 0 aromatic heterocycles. The summed E-state index contributed by atoms with van der Waals surface area (Å²) in [5.74, 6) is 0.379. The van der Waals surface area contributed by atoms with Crippen molar-refractivity contribution in [2.24, 2.45) is 11.7 Å². The van der Waals surface area contributed by atoms with Gasteiger partial charge in [-0.05, 0) is 51.1 Å². The second-order valence-electron chi connectivity index (χ2n) is 6.68. The van der Waals surface area contributed by atoms with Gasteiger partial charge >= 0.3 is 6.03 Å². The average molecular weight is 347 g/mol. The number of piperidine rings is 1. The minimum absolute atomic E-state index is 0. The third-order valence-corrected chi connectivity index (χ3v) is 4.74. The van der Waals surface area contributed by atoms with Crippen LogP contribution in [0.15, 0.2) is 0 Å². The maximum absolute atomic E-state index is 12.0. The zero-order valence-corrected chi connectivity index (χ0v) is 14.7. The quantitative estimate of drug-likeness (QED) is 0.706. The Balaban J connectivity index is 0.00000264. The summed E-state index contributed by atoms with van der Waals surface area (Å²) >= 11 is 0. The van der Waals surface area contributed by atoms with Crippen LogP contribution in [0.2, 0.25) is 0 Å². The first-order chi connectivity index (χ1) is 10.7. The first kappa shape index (κ1) is 20.2. The Labute approximate surface area is 145 Å². The van der Waals surface area contributed by atoms with Crippen LogP contribution in [0.1, 0.15) is 51.4 Å². The van der Waals surface area contributed by atoms with Gasteiger partial charge in [0, 0.05) is 12.6 Å². The summed E-state index contributed by atoms with van der Waals surface area (Å²) < 4.78 is 0. The van der Waals surface area contributed by atoms with Crippen molar-refractivity contribution in [2.45, 2.75) is 57.4 Å². The molecule has 6 nitrogen and oxygen atoms in total. The molecule has 2 fully saturated rings. The van der Waals surface area contributed by atoms with Gasteiger partial charge < -0.3 is 11.1 Å². The molecular formula is C16H31ClN4O2. The van der Waals surface area contributed by atoms with Crippen molar-refractivity contribution in [2.75, 3.05) is 26.2 Å². The van der Waals surface area contributed by atoms with Crippen LogP contribution in [0.4, 0.5) is 4.79 Å². The number of halogens is 1. The Morgan fingerprint density at radius 3 is 2.52 bits per heavy atom. The number of carbonyl (C=O) groups excluding carboxylic acids is 2. The van der Waals surface area contributed by atoms with Crippen LogP contribution in [0.25, 0.3) is 0 Å². The summed E-state index contributed by atoms with van der Waals surface area (Å²) in [5.41, 5.74) is 5.61. The highest BCUT2D eigenvalue weighted by atomic mass is 35.5. The molecule has 2 aliphatic rings. The number of likely N-dealkylation sites (tertiary alicyclic amines) is 1. The molecule has 0 aromatic carbocycles. The molecule has 2 rings (SSSR count). The normalized spacial score (nSPS) is 22.9. The van der Waals surface area contributed by atoms with Crippen LogP contribution < -0.4 is 16.4 Å². The number of hydrogen-bond donors (Lipinski definition) is 3. The van der Waals surface area contributed by atoms with Crippen LogP contribution in [0.3, 0.4) is 0 Å². The topological polar surface area (TPSA) is 87.5 Å². The van der Waals surface area contributed by atoms with Gasteiger partial charge in [-0.1, -0.05) is 19.3 Å². The second-order valence-corrected chi connectivity index (χ2v) is 6.68. The highest BCUT2D eigenvalue weighted by molar-refractivity contribution is 5.95. The van der Waals surface area contributed by atoms with Crippen LogP contribution in [0.5, 0.6) is 0 Å². The minimum Gasteiger partial charge on any atom is -0.335 e. The van der Waals surface area contributed by atoms with Gasteiger partial charge in [0.2, 0.25) is 5.91 Å². The zero-order chi connectivity index (χ0) is 15.8. The molecule has 0 spiro atoms. The van der Waals surface area contributed by atoms with Gasteiger partial charge in [0.1, 0.15) is 0 Å².